The molecule has 1 saturated heterocycles. The van der Waals surface area contributed by atoms with Crippen molar-refractivity contribution < 1.29 is 28.7 Å². The quantitative estimate of drug-likeness (QED) is 0.123. The first kappa shape index (κ1) is 33.9. The molecule has 10 nitrogen and oxygen atoms in total. The summed E-state index contributed by atoms with van der Waals surface area (Å²) < 4.78 is 4.24. The lowest BCUT2D eigenvalue weighted by Gasteiger charge is -2.36. The van der Waals surface area contributed by atoms with Gasteiger partial charge in [-0.1, -0.05) is 31.4 Å². The summed E-state index contributed by atoms with van der Waals surface area (Å²) in [5.74, 6) is -3.70. The van der Waals surface area contributed by atoms with Gasteiger partial charge in [-0.05, 0) is 58.8 Å². The van der Waals surface area contributed by atoms with Crippen LogP contribution in [0.1, 0.15) is 72.1 Å². The van der Waals surface area contributed by atoms with Crippen molar-refractivity contribution in [1.82, 2.24) is 20.9 Å². The zero-order chi connectivity index (χ0) is 31.2. The number of hydrogen-bond acceptors (Lipinski definition) is 6. The van der Waals surface area contributed by atoms with E-state index in [2.05, 4.69) is 29.1 Å². The fourth-order valence-corrected chi connectivity index (χ4v) is 6.77. The molecule has 3 fully saturated rings. The van der Waals surface area contributed by atoms with Gasteiger partial charge in [-0.2, -0.15) is 0 Å². The number of alkyl carbamates (subject to hydrolysis) is 1. The first-order valence-corrected chi connectivity index (χ1v) is 15.5. The van der Waals surface area contributed by atoms with Crippen molar-refractivity contribution in [3.8, 4) is 0 Å². The van der Waals surface area contributed by atoms with Crippen molar-refractivity contribution in [2.75, 3.05) is 13.1 Å². The molecule has 5 atom stereocenters. The number of alkyl halides is 2. The number of nitrogens with zero attached hydrogens (tertiary/aromatic N) is 1. The van der Waals surface area contributed by atoms with Crippen LogP contribution < -0.4 is 16.0 Å². The minimum absolute atomic E-state index is 0.126. The van der Waals surface area contributed by atoms with Gasteiger partial charge in [0.1, 0.15) is 22.0 Å². The minimum atomic E-state index is -1.21. The summed E-state index contributed by atoms with van der Waals surface area (Å²) in [6.45, 7) is 12.8. The maximum Gasteiger partial charge on any atom is 0.408 e. The number of ketones is 1. The highest BCUT2D eigenvalue weighted by atomic mass is 35.5. The van der Waals surface area contributed by atoms with Crippen molar-refractivity contribution >= 4 is 52.8 Å². The standard InChI is InChI=1S/C30H44Cl2N4O6/c1-6-8-15-20(24(37)26(39)33-16-9-7-2)34-25(38)23-21-19(30(21,31)32)17-36(23)27(40)22(18-13-11-10-12-14-18)35-28(41)42-29(3,4)5/h6-7,18-23H,1-2,8-17H2,3-5H3,(H,33,39)(H,34,38)(H,35,41)/t19?,20?,21-,22-,23-/m0/s1. The number of piperidine rings is 1. The molecule has 2 unspecified atom stereocenters. The highest BCUT2D eigenvalue weighted by molar-refractivity contribution is 6.51. The van der Waals surface area contributed by atoms with Gasteiger partial charge in [0.15, 0.2) is 0 Å². The van der Waals surface area contributed by atoms with Gasteiger partial charge in [-0.15, -0.1) is 36.4 Å². The first-order valence-electron chi connectivity index (χ1n) is 14.7. The summed E-state index contributed by atoms with van der Waals surface area (Å²) in [5.41, 5.74) is -0.760. The van der Waals surface area contributed by atoms with E-state index in [0.717, 1.165) is 32.1 Å². The topological polar surface area (TPSA) is 134 Å². The number of halogens is 2. The van der Waals surface area contributed by atoms with Crippen molar-refractivity contribution in [2.45, 2.75) is 100 Å². The van der Waals surface area contributed by atoms with Crippen molar-refractivity contribution in [2.24, 2.45) is 17.8 Å². The van der Waals surface area contributed by atoms with E-state index < -0.39 is 63.6 Å². The van der Waals surface area contributed by atoms with E-state index >= 15 is 0 Å². The monoisotopic (exact) mass is 626 g/mol. The van der Waals surface area contributed by atoms with E-state index in [9.17, 15) is 24.0 Å². The molecule has 0 aromatic heterocycles. The molecule has 3 rings (SSSR count). The number of amides is 4. The van der Waals surface area contributed by atoms with E-state index in [1.54, 1.807) is 32.9 Å². The van der Waals surface area contributed by atoms with Gasteiger partial charge in [0, 0.05) is 24.9 Å². The predicted molar refractivity (Wildman–Crippen MR) is 161 cm³/mol. The van der Waals surface area contributed by atoms with Crippen LogP contribution in [0.25, 0.3) is 0 Å². The van der Waals surface area contributed by atoms with Crippen molar-refractivity contribution in [3.05, 3.63) is 25.3 Å². The van der Waals surface area contributed by atoms with Crippen LogP contribution in [0.4, 0.5) is 4.79 Å². The number of likely N-dealkylation sites (tertiary alicyclic amines) is 1. The van der Waals surface area contributed by atoms with Crippen LogP contribution >= 0.6 is 23.2 Å². The second-order valence-electron chi connectivity index (χ2n) is 12.4. The number of carbonyl (C=O) groups excluding carboxylic acids is 5. The first-order chi connectivity index (χ1) is 19.7. The fourth-order valence-electron chi connectivity index (χ4n) is 5.94. The second kappa shape index (κ2) is 14.3. The predicted octanol–water partition coefficient (Wildman–Crippen LogP) is 3.80. The number of nitrogens with one attached hydrogen (secondary N) is 3. The average molecular weight is 628 g/mol. The summed E-state index contributed by atoms with van der Waals surface area (Å²) >= 11 is 13.0. The Kier molecular flexibility index (Phi) is 11.5. The van der Waals surface area contributed by atoms with Gasteiger partial charge in [-0.25, -0.2) is 4.79 Å². The molecule has 0 aromatic rings. The van der Waals surface area contributed by atoms with Crippen LogP contribution in [0.15, 0.2) is 25.3 Å². The lowest BCUT2D eigenvalue weighted by Crippen LogP contribution is -2.60. The molecule has 0 radical (unpaired) electrons. The molecular formula is C30H44Cl2N4O6. The van der Waals surface area contributed by atoms with Crippen LogP contribution in [0, 0.1) is 17.8 Å². The Morgan fingerprint density at radius 2 is 1.67 bits per heavy atom. The number of ether oxygens (including phenoxy) is 1. The maximum absolute atomic E-state index is 14.1. The lowest BCUT2D eigenvalue weighted by molar-refractivity contribution is -0.144. The van der Waals surface area contributed by atoms with Crippen LogP contribution in [-0.4, -0.2) is 75.6 Å². The third kappa shape index (κ3) is 8.28. The lowest BCUT2D eigenvalue weighted by atomic mass is 9.83. The molecule has 1 aliphatic heterocycles. The summed E-state index contributed by atoms with van der Waals surface area (Å²) in [7, 11) is 0. The zero-order valence-electron chi connectivity index (χ0n) is 24.8. The molecule has 3 aliphatic rings. The molecule has 4 amide bonds. The minimum Gasteiger partial charge on any atom is -0.444 e. The smallest absolute Gasteiger partial charge is 0.408 e. The largest absolute Gasteiger partial charge is 0.444 e. The Balaban J connectivity index is 1.83. The van der Waals surface area contributed by atoms with E-state index in [1.807, 2.05) is 0 Å². The van der Waals surface area contributed by atoms with E-state index in [0.29, 0.717) is 12.8 Å². The average Bonchev–Trinajstić information content (AvgIpc) is 3.24. The van der Waals surface area contributed by atoms with Crippen LogP contribution in [0.3, 0.4) is 0 Å². The SMILES string of the molecule is C=CCCNC(=O)C(=O)C(CCC=C)NC(=O)[C@@H]1[C@@H]2C(CN1C(=O)[C@@H](NC(=O)OC(C)(C)C)C1CCCCC1)C2(Cl)Cl. The van der Waals surface area contributed by atoms with Crippen LogP contribution in [0.5, 0.6) is 0 Å². The van der Waals surface area contributed by atoms with Gasteiger partial charge in [-0.3, -0.25) is 19.2 Å². The Bertz CT molecular complexity index is 1070. The summed E-state index contributed by atoms with van der Waals surface area (Å²) in [6.07, 6.45) is 7.88. The summed E-state index contributed by atoms with van der Waals surface area (Å²) in [5, 5.41) is 8.01. The zero-order valence-corrected chi connectivity index (χ0v) is 26.3. The normalized spacial score (nSPS) is 24.4. The highest BCUT2D eigenvalue weighted by Gasteiger charge is 2.74. The van der Waals surface area contributed by atoms with Gasteiger partial charge in [0.05, 0.1) is 6.04 Å². The van der Waals surface area contributed by atoms with Gasteiger partial charge < -0.3 is 25.6 Å². The van der Waals surface area contributed by atoms with Crippen molar-refractivity contribution in [3.63, 3.8) is 0 Å². The number of allylic oxidation sites excluding steroid dienone is 1. The van der Waals surface area contributed by atoms with Crippen LogP contribution in [0.2, 0.25) is 0 Å². The second-order valence-corrected chi connectivity index (χ2v) is 13.8. The van der Waals surface area contributed by atoms with Crippen LogP contribution in [-0.2, 0) is 23.9 Å². The number of rotatable bonds is 13. The van der Waals surface area contributed by atoms with Gasteiger partial charge in [0.25, 0.3) is 5.91 Å². The van der Waals surface area contributed by atoms with E-state index in [-0.39, 0.29) is 31.3 Å². The molecule has 0 spiro atoms. The number of hydrogen-bond donors (Lipinski definition) is 3. The number of Topliss-reactive ketones (excluding diaryl/α,β-unsaturated/α-hetero) is 1. The third-order valence-corrected chi connectivity index (χ3v) is 9.16. The molecule has 2 aliphatic carbocycles. The molecule has 234 valence electrons. The molecule has 0 bridgehead atoms. The fraction of sp³-hybridized carbons (Fsp3) is 0.700. The maximum atomic E-state index is 14.1. The Labute approximate surface area is 258 Å². The number of fused-ring (bicyclic) bond motifs is 1. The third-order valence-electron chi connectivity index (χ3n) is 8.09. The Hall–Kier alpha value is -2.59. The molecule has 0 aromatic carbocycles. The Morgan fingerprint density at radius 3 is 2.26 bits per heavy atom. The molecule has 12 heteroatoms. The summed E-state index contributed by atoms with van der Waals surface area (Å²) in [6, 6.07) is -3.11. The van der Waals surface area contributed by atoms with Crippen molar-refractivity contribution in [1.29, 1.82) is 0 Å². The molecule has 2 saturated carbocycles. The Morgan fingerprint density at radius 1 is 1.02 bits per heavy atom. The number of carbonyl (C=O) groups is 5. The van der Waals surface area contributed by atoms with Gasteiger partial charge >= 0.3 is 6.09 Å². The molecule has 42 heavy (non-hydrogen) atoms. The van der Waals surface area contributed by atoms with Gasteiger partial charge in [0.2, 0.25) is 17.6 Å². The highest BCUT2D eigenvalue weighted by Crippen LogP contribution is 2.65. The molecular weight excluding hydrogens is 583 g/mol. The van der Waals surface area contributed by atoms with E-state index in [4.69, 9.17) is 27.9 Å². The summed E-state index contributed by atoms with van der Waals surface area (Å²) in [4.78, 5) is 67.6. The molecule has 3 N–H and O–H groups in total. The van der Waals surface area contributed by atoms with E-state index in [1.165, 1.54) is 4.90 Å². The molecule has 1 heterocycles.